The van der Waals surface area contributed by atoms with E-state index in [2.05, 4.69) is 25.8 Å². The smallest absolute Gasteiger partial charge is 0.0269 e. The first-order valence-corrected chi connectivity index (χ1v) is 10.6. The maximum Gasteiger partial charge on any atom is 0.0269 e. The molecule has 5 aliphatic rings. The third-order valence-corrected chi connectivity index (χ3v) is 9.75. The summed E-state index contributed by atoms with van der Waals surface area (Å²) in [5, 5.41) is 0. The van der Waals surface area contributed by atoms with Crippen molar-refractivity contribution in [1.29, 1.82) is 0 Å². The van der Waals surface area contributed by atoms with Gasteiger partial charge < -0.3 is 10.6 Å². The Labute approximate surface area is 148 Å². The number of hydrogen-bond donors (Lipinski definition) is 1. The van der Waals surface area contributed by atoms with Gasteiger partial charge in [0.2, 0.25) is 0 Å². The van der Waals surface area contributed by atoms with Gasteiger partial charge in [0.1, 0.15) is 0 Å². The summed E-state index contributed by atoms with van der Waals surface area (Å²) in [5.74, 6) is 3.90. The molecule has 2 N–H and O–H groups in total. The second-order valence-corrected chi connectivity index (χ2v) is 10.3. The highest BCUT2D eigenvalue weighted by Gasteiger charge is 2.62. The highest BCUT2D eigenvalue weighted by molar-refractivity contribution is 5.34. The van der Waals surface area contributed by atoms with Gasteiger partial charge in [-0.25, -0.2) is 0 Å². The Balaban J connectivity index is 1.48. The van der Waals surface area contributed by atoms with Crippen LogP contribution in [0.1, 0.15) is 71.6 Å². The molecule has 7 unspecified atom stereocenters. The van der Waals surface area contributed by atoms with Gasteiger partial charge in [-0.15, -0.1) is 0 Å². The predicted molar refractivity (Wildman–Crippen MR) is 99.4 cm³/mol. The SMILES string of the molecule is CC1=C2CCC3C4CCC5CC(N)CCC5(C)C4CCC23CN1C. The number of nitrogens with two attached hydrogens (primary N) is 1. The molecule has 1 aliphatic heterocycles. The Hall–Kier alpha value is -0.500. The van der Waals surface area contributed by atoms with Gasteiger partial charge in [0.25, 0.3) is 0 Å². The minimum atomic E-state index is 0.488. The summed E-state index contributed by atoms with van der Waals surface area (Å²) in [4.78, 5) is 2.58. The largest absolute Gasteiger partial charge is 0.377 e. The van der Waals surface area contributed by atoms with Crippen molar-refractivity contribution in [3.8, 4) is 0 Å². The van der Waals surface area contributed by atoms with Gasteiger partial charge in [0.05, 0.1) is 0 Å². The van der Waals surface area contributed by atoms with E-state index in [1.165, 1.54) is 64.3 Å². The molecular weight excluding hydrogens is 292 g/mol. The molecule has 0 aromatic heterocycles. The number of allylic oxidation sites excluding steroid dienone is 1. The number of hydrogen-bond acceptors (Lipinski definition) is 2. The summed E-state index contributed by atoms with van der Waals surface area (Å²) >= 11 is 0. The van der Waals surface area contributed by atoms with E-state index in [-0.39, 0.29) is 0 Å². The summed E-state index contributed by atoms with van der Waals surface area (Å²) < 4.78 is 0. The zero-order valence-electron chi connectivity index (χ0n) is 16.0. The standard InChI is InChI=1S/C22H36N2/c1-14-18-6-7-20-17-5-4-15-12-16(23)8-10-21(15,2)19(17)9-11-22(18,20)13-24(14)3/h15-17,19-20H,4-13,23H2,1-3H3. The van der Waals surface area contributed by atoms with Crippen LogP contribution in [-0.4, -0.2) is 24.5 Å². The highest BCUT2D eigenvalue weighted by atomic mass is 15.1. The van der Waals surface area contributed by atoms with Gasteiger partial charge in [-0.1, -0.05) is 6.92 Å². The lowest BCUT2D eigenvalue weighted by atomic mass is 9.45. The van der Waals surface area contributed by atoms with Crippen LogP contribution in [0.3, 0.4) is 0 Å². The minimum Gasteiger partial charge on any atom is -0.377 e. The van der Waals surface area contributed by atoms with Crippen molar-refractivity contribution in [2.75, 3.05) is 13.6 Å². The highest BCUT2D eigenvalue weighted by Crippen LogP contribution is 2.69. The number of fused-ring (bicyclic) bond motifs is 4. The molecule has 4 saturated carbocycles. The first kappa shape index (κ1) is 15.7. The van der Waals surface area contributed by atoms with Gasteiger partial charge in [0, 0.05) is 30.7 Å². The number of nitrogens with zero attached hydrogens (tertiary/aromatic N) is 1. The van der Waals surface area contributed by atoms with Crippen LogP contribution in [0, 0.1) is 34.5 Å². The predicted octanol–water partition coefficient (Wildman–Crippen LogP) is 4.56. The van der Waals surface area contributed by atoms with E-state index in [4.69, 9.17) is 5.73 Å². The van der Waals surface area contributed by atoms with Crippen molar-refractivity contribution in [2.45, 2.75) is 77.7 Å². The molecule has 0 aromatic rings. The van der Waals surface area contributed by atoms with Crippen molar-refractivity contribution in [3.63, 3.8) is 0 Å². The molecule has 4 fully saturated rings. The van der Waals surface area contributed by atoms with E-state index < -0.39 is 0 Å². The second kappa shape index (κ2) is 5.02. The molecule has 2 heteroatoms. The van der Waals surface area contributed by atoms with Crippen LogP contribution in [0.15, 0.2) is 11.3 Å². The molecule has 5 rings (SSSR count). The molecule has 1 heterocycles. The average molecular weight is 329 g/mol. The molecule has 0 saturated heterocycles. The summed E-state index contributed by atoms with van der Waals surface area (Å²) in [7, 11) is 2.33. The molecule has 134 valence electrons. The zero-order valence-corrected chi connectivity index (χ0v) is 16.0. The Bertz CT molecular complexity index is 581. The third-order valence-electron chi connectivity index (χ3n) is 9.75. The average Bonchev–Trinajstić information content (AvgIpc) is 3.03. The van der Waals surface area contributed by atoms with Crippen molar-refractivity contribution < 1.29 is 0 Å². The van der Waals surface area contributed by atoms with Gasteiger partial charge >= 0.3 is 0 Å². The summed E-state index contributed by atoms with van der Waals surface area (Å²) in [6.45, 7) is 6.38. The third kappa shape index (κ3) is 1.82. The van der Waals surface area contributed by atoms with Crippen molar-refractivity contribution in [3.05, 3.63) is 11.3 Å². The quantitative estimate of drug-likeness (QED) is 0.706. The summed E-state index contributed by atoms with van der Waals surface area (Å²) in [6, 6.07) is 0.488. The molecule has 1 spiro atoms. The minimum absolute atomic E-state index is 0.488. The first-order valence-electron chi connectivity index (χ1n) is 10.6. The van der Waals surface area contributed by atoms with Crippen molar-refractivity contribution >= 4 is 0 Å². The fourth-order valence-corrected chi connectivity index (χ4v) is 8.53. The molecule has 24 heavy (non-hydrogen) atoms. The van der Waals surface area contributed by atoms with Crippen molar-refractivity contribution in [2.24, 2.45) is 40.2 Å². The Kier molecular flexibility index (Phi) is 3.29. The second-order valence-electron chi connectivity index (χ2n) is 10.3. The van der Waals surface area contributed by atoms with Gasteiger partial charge in [-0.2, -0.15) is 0 Å². The van der Waals surface area contributed by atoms with Crippen LogP contribution >= 0.6 is 0 Å². The topological polar surface area (TPSA) is 29.3 Å². The lowest BCUT2D eigenvalue weighted by Gasteiger charge is -2.60. The fourth-order valence-electron chi connectivity index (χ4n) is 8.53. The number of rotatable bonds is 0. The van der Waals surface area contributed by atoms with Gasteiger partial charge in [-0.3, -0.25) is 0 Å². The monoisotopic (exact) mass is 328 g/mol. The molecule has 0 bridgehead atoms. The molecule has 0 aromatic carbocycles. The van der Waals surface area contributed by atoms with Gasteiger partial charge in [0.15, 0.2) is 0 Å². The normalized spacial score (nSPS) is 53.5. The molecule has 0 amide bonds. The molecular formula is C22H36N2. The Morgan fingerprint density at radius 2 is 1.88 bits per heavy atom. The molecule has 7 atom stereocenters. The van der Waals surface area contributed by atoms with E-state index in [1.807, 2.05) is 5.57 Å². The van der Waals surface area contributed by atoms with Crippen LogP contribution in [0.25, 0.3) is 0 Å². The molecule has 0 radical (unpaired) electrons. The lowest BCUT2D eigenvalue weighted by Crippen LogP contribution is -2.55. The lowest BCUT2D eigenvalue weighted by molar-refractivity contribution is -0.103. The Morgan fingerprint density at radius 3 is 2.71 bits per heavy atom. The summed E-state index contributed by atoms with van der Waals surface area (Å²) in [5.41, 5.74) is 11.0. The van der Waals surface area contributed by atoms with E-state index in [0.29, 0.717) is 16.9 Å². The maximum absolute atomic E-state index is 6.34. The fraction of sp³-hybridized carbons (Fsp3) is 0.909. The van der Waals surface area contributed by atoms with Crippen LogP contribution in [-0.2, 0) is 0 Å². The maximum atomic E-state index is 6.34. The Morgan fingerprint density at radius 1 is 1.04 bits per heavy atom. The van der Waals surface area contributed by atoms with Gasteiger partial charge in [-0.05, 0) is 99.4 Å². The van der Waals surface area contributed by atoms with Crippen LogP contribution in [0.5, 0.6) is 0 Å². The van der Waals surface area contributed by atoms with E-state index in [0.717, 1.165) is 23.7 Å². The van der Waals surface area contributed by atoms with Crippen LogP contribution < -0.4 is 5.73 Å². The van der Waals surface area contributed by atoms with E-state index >= 15 is 0 Å². The van der Waals surface area contributed by atoms with E-state index in [9.17, 15) is 0 Å². The zero-order chi connectivity index (χ0) is 16.7. The van der Waals surface area contributed by atoms with E-state index in [1.54, 1.807) is 5.70 Å². The summed E-state index contributed by atoms with van der Waals surface area (Å²) in [6.07, 6.45) is 12.8. The first-order chi connectivity index (χ1) is 11.5. The molecule has 2 nitrogen and oxygen atoms in total. The van der Waals surface area contributed by atoms with Crippen LogP contribution in [0.4, 0.5) is 0 Å². The van der Waals surface area contributed by atoms with Crippen LogP contribution in [0.2, 0.25) is 0 Å². The van der Waals surface area contributed by atoms with Crippen molar-refractivity contribution in [1.82, 2.24) is 4.90 Å². The molecule has 4 aliphatic carbocycles.